The summed E-state index contributed by atoms with van der Waals surface area (Å²) in [5.74, 6) is -0.497. The third-order valence-corrected chi connectivity index (χ3v) is 4.57. The third kappa shape index (κ3) is 3.20. The number of halogens is 2. The van der Waals surface area contributed by atoms with Crippen LogP contribution in [0.25, 0.3) is 0 Å². The quantitative estimate of drug-likeness (QED) is 0.416. The van der Waals surface area contributed by atoms with Gasteiger partial charge in [0.15, 0.2) is 10.9 Å². The zero-order valence-corrected chi connectivity index (χ0v) is 12.3. The van der Waals surface area contributed by atoms with Crippen molar-refractivity contribution in [1.82, 2.24) is 4.98 Å². The second-order valence-electron chi connectivity index (χ2n) is 4.56. The van der Waals surface area contributed by atoms with Crippen molar-refractivity contribution < 1.29 is 14.1 Å². The van der Waals surface area contributed by atoms with Crippen LogP contribution in [0.3, 0.4) is 0 Å². The molecule has 5 nitrogen and oxygen atoms in total. The lowest BCUT2D eigenvalue weighted by molar-refractivity contribution is 0.328. The molecule has 1 aromatic carbocycles. The van der Waals surface area contributed by atoms with Crippen LogP contribution in [0.5, 0.6) is 0 Å². The fraction of sp³-hybridized carbons (Fsp3) is 0.250. The topological polar surface area (TPSA) is 60.4 Å². The third-order valence-electron chi connectivity index (χ3n) is 3.10. The predicted octanol–water partition coefficient (Wildman–Crippen LogP) is 4.33. The minimum atomic E-state index is -0.713. The van der Waals surface area contributed by atoms with Crippen molar-refractivity contribution in [1.29, 1.82) is 0 Å². The Morgan fingerprint density at radius 2 is 2.24 bits per heavy atom. The molecule has 9 heteroatoms. The summed E-state index contributed by atoms with van der Waals surface area (Å²) in [6.07, 6.45) is 3.49. The molecule has 0 atom stereocenters. The van der Waals surface area contributed by atoms with E-state index in [2.05, 4.69) is 9.71 Å². The smallest absolute Gasteiger partial charge is 0.194 e. The van der Waals surface area contributed by atoms with Crippen molar-refractivity contribution in [2.24, 2.45) is 0 Å². The maximum Gasteiger partial charge on any atom is 0.194 e. The molecule has 0 saturated heterocycles. The summed E-state index contributed by atoms with van der Waals surface area (Å²) in [5, 5.41) is 12.3. The van der Waals surface area contributed by atoms with Crippen molar-refractivity contribution >= 4 is 40.0 Å². The summed E-state index contributed by atoms with van der Waals surface area (Å²) >= 11 is 2.14. The number of nitrogens with one attached hydrogen (secondary N) is 2. The molecule has 0 aliphatic heterocycles. The molecule has 0 amide bonds. The number of benzene rings is 1. The maximum absolute atomic E-state index is 14.0. The molecular formula is C12H12F2N4OS2. The van der Waals surface area contributed by atoms with Crippen molar-refractivity contribution in [3.8, 4) is 0 Å². The fourth-order valence-electron chi connectivity index (χ4n) is 1.94. The van der Waals surface area contributed by atoms with Gasteiger partial charge in [0.2, 0.25) is 0 Å². The van der Waals surface area contributed by atoms with E-state index in [4.69, 9.17) is 0 Å². The van der Waals surface area contributed by atoms with E-state index in [1.807, 2.05) is 0 Å². The van der Waals surface area contributed by atoms with Gasteiger partial charge in [-0.05, 0) is 30.4 Å². The first kappa shape index (κ1) is 14.4. The van der Waals surface area contributed by atoms with Crippen molar-refractivity contribution in [2.75, 3.05) is 14.7 Å². The summed E-state index contributed by atoms with van der Waals surface area (Å²) in [6.45, 7) is 0. The monoisotopic (exact) mass is 330 g/mol. The zero-order valence-electron chi connectivity index (χ0n) is 10.7. The molecule has 3 N–H and O–H groups in total. The molecule has 1 heterocycles. The second-order valence-corrected chi connectivity index (χ2v) is 6.19. The Hall–Kier alpha value is -1.58. The summed E-state index contributed by atoms with van der Waals surface area (Å²) in [6, 6.07) is 2.52. The summed E-state index contributed by atoms with van der Waals surface area (Å²) in [4.78, 5) is 3.98. The van der Waals surface area contributed by atoms with Crippen LogP contribution in [0.2, 0.25) is 0 Å². The molecule has 1 saturated carbocycles. The van der Waals surface area contributed by atoms with Crippen LogP contribution in [0.15, 0.2) is 23.7 Å². The SMILES string of the molecule is ON(SNc1nccs1)c1cc(C2CC2)c(NF)cc1F. The van der Waals surface area contributed by atoms with Gasteiger partial charge in [-0.3, -0.25) is 9.93 Å². The highest BCUT2D eigenvalue weighted by atomic mass is 32.2. The van der Waals surface area contributed by atoms with Gasteiger partial charge in [0.25, 0.3) is 0 Å². The van der Waals surface area contributed by atoms with E-state index in [1.165, 1.54) is 22.9 Å². The van der Waals surface area contributed by atoms with Gasteiger partial charge in [-0.25, -0.2) is 14.9 Å². The summed E-state index contributed by atoms with van der Waals surface area (Å²) in [7, 11) is 0. The second kappa shape index (κ2) is 6.04. The van der Waals surface area contributed by atoms with Gasteiger partial charge in [-0.15, -0.1) is 15.8 Å². The Bertz CT molecular complexity index is 622. The number of nitrogens with zero attached hydrogens (tertiary/aromatic N) is 2. The molecule has 0 bridgehead atoms. The minimum absolute atomic E-state index is 0.0232. The van der Waals surface area contributed by atoms with Crippen molar-refractivity contribution in [3.63, 3.8) is 0 Å². The Morgan fingerprint density at radius 3 is 2.86 bits per heavy atom. The first-order valence-electron chi connectivity index (χ1n) is 6.20. The summed E-state index contributed by atoms with van der Waals surface area (Å²) in [5.41, 5.74) is 2.27. The van der Waals surface area contributed by atoms with Crippen molar-refractivity contribution in [3.05, 3.63) is 35.1 Å². The van der Waals surface area contributed by atoms with Gasteiger partial charge in [-0.1, -0.05) is 0 Å². The van der Waals surface area contributed by atoms with Crippen LogP contribution < -0.4 is 14.7 Å². The first-order chi connectivity index (χ1) is 10.2. The lowest BCUT2D eigenvalue weighted by atomic mass is 10.1. The average molecular weight is 330 g/mol. The zero-order chi connectivity index (χ0) is 14.8. The van der Waals surface area contributed by atoms with E-state index >= 15 is 0 Å². The molecule has 0 spiro atoms. The first-order valence-corrected chi connectivity index (χ1v) is 7.86. The average Bonchev–Trinajstić information content (AvgIpc) is 3.20. The van der Waals surface area contributed by atoms with Gasteiger partial charge in [-0.2, -0.15) is 4.47 Å². The van der Waals surface area contributed by atoms with E-state index in [0.717, 1.165) is 31.0 Å². The van der Waals surface area contributed by atoms with E-state index in [0.29, 0.717) is 15.2 Å². The Kier molecular flexibility index (Phi) is 4.13. The number of aromatic nitrogens is 1. The van der Waals surface area contributed by atoms with Gasteiger partial charge >= 0.3 is 0 Å². The molecular weight excluding hydrogens is 318 g/mol. The normalized spacial score (nSPS) is 14.0. The number of thiazole rings is 1. The standard InChI is InChI=1S/C12H12F2N4OS2/c13-9-6-10(16-14)8(7-1-2-7)5-11(9)18(19)21-17-12-15-3-4-20-12/h3-7,16,19H,1-2H2,(H,15,17). The van der Waals surface area contributed by atoms with E-state index in [-0.39, 0.29) is 17.3 Å². The molecule has 112 valence electrons. The molecule has 3 rings (SSSR count). The van der Waals surface area contributed by atoms with Crippen LogP contribution in [0.1, 0.15) is 24.3 Å². The molecule has 1 aliphatic carbocycles. The molecule has 1 fully saturated rings. The van der Waals surface area contributed by atoms with E-state index in [9.17, 15) is 14.1 Å². The van der Waals surface area contributed by atoms with Crippen molar-refractivity contribution in [2.45, 2.75) is 18.8 Å². The molecule has 2 aromatic rings. The Labute approximate surface area is 128 Å². The minimum Gasteiger partial charge on any atom is -0.286 e. The predicted molar refractivity (Wildman–Crippen MR) is 80.7 cm³/mol. The molecule has 0 radical (unpaired) electrons. The van der Waals surface area contributed by atoms with Gasteiger partial charge < -0.3 is 0 Å². The largest absolute Gasteiger partial charge is 0.286 e. The highest BCUT2D eigenvalue weighted by Crippen LogP contribution is 2.45. The highest BCUT2D eigenvalue weighted by molar-refractivity contribution is 8.01. The fourth-order valence-corrected chi connectivity index (χ4v) is 3.08. The number of hydrogen-bond acceptors (Lipinski definition) is 7. The van der Waals surface area contributed by atoms with Crippen LogP contribution in [-0.2, 0) is 0 Å². The molecule has 0 unspecified atom stereocenters. The van der Waals surface area contributed by atoms with Gasteiger partial charge in [0, 0.05) is 17.6 Å². The van der Waals surface area contributed by atoms with Crippen LogP contribution >= 0.6 is 23.5 Å². The number of hydrogen-bond donors (Lipinski definition) is 3. The molecule has 21 heavy (non-hydrogen) atoms. The Balaban J connectivity index is 1.78. The molecule has 1 aromatic heterocycles. The Morgan fingerprint density at radius 1 is 1.43 bits per heavy atom. The van der Waals surface area contributed by atoms with Crippen LogP contribution in [0.4, 0.5) is 25.4 Å². The van der Waals surface area contributed by atoms with E-state index < -0.39 is 5.82 Å². The van der Waals surface area contributed by atoms with Crippen LogP contribution in [-0.4, -0.2) is 10.2 Å². The van der Waals surface area contributed by atoms with Gasteiger partial charge in [0.05, 0.1) is 17.8 Å². The number of anilines is 3. The van der Waals surface area contributed by atoms with Gasteiger partial charge in [0.1, 0.15) is 5.69 Å². The maximum atomic E-state index is 14.0. The number of rotatable bonds is 6. The van der Waals surface area contributed by atoms with Crippen LogP contribution in [0, 0.1) is 5.82 Å². The lowest BCUT2D eigenvalue weighted by Crippen LogP contribution is -2.13. The highest BCUT2D eigenvalue weighted by Gasteiger charge is 2.28. The molecule has 1 aliphatic rings. The lowest BCUT2D eigenvalue weighted by Gasteiger charge is -2.18. The summed E-state index contributed by atoms with van der Waals surface area (Å²) < 4.78 is 30.1. The van der Waals surface area contributed by atoms with E-state index in [1.54, 1.807) is 11.6 Å².